The van der Waals surface area contributed by atoms with E-state index in [0.717, 1.165) is 29.3 Å². The fraction of sp³-hybridized carbons (Fsp3) is 0.375. The topological polar surface area (TPSA) is 12.0 Å². The summed E-state index contributed by atoms with van der Waals surface area (Å²) in [6.07, 6.45) is 1.68. The molecule has 0 spiro atoms. The van der Waals surface area contributed by atoms with Gasteiger partial charge in [0.05, 0.1) is 6.04 Å². The quantitative estimate of drug-likeness (QED) is 0.754. The van der Waals surface area contributed by atoms with E-state index in [1.54, 1.807) is 0 Å². The molecule has 21 heavy (non-hydrogen) atoms. The number of hydrogen-bond donors (Lipinski definition) is 1. The third kappa shape index (κ3) is 3.30. The number of thiophene rings is 1. The van der Waals surface area contributed by atoms with E-state index < -0.39 is 23.5 Å². The predicted molar refractivity (Wildman–Crippen MR) is 80.1 cm³/mol. The fourth-order valence-corrected chi connectivity index (χ4v) is 3.38. The van der Waals surface area contributed by atoms with Crippen LogP contribution in [0.4, 0.5) is 13.2 Å². The molecule has 1 atom stereocenters. The normalized spacial score (nSPS) is 12.6. The second-order valence-electron chi connectivity index (χ2n) is 4.82. The summed E-state index contributed by atoms with van der Waals surface area (Å²) in [6, 6.07) is 3.83. The highest BCUT2D eigenvalue weighted by atomic mass is 32.1. The SMILES string of the molecule is CCCNC(c1ccc(F)c(F)c1F)c1sccc1CC. The average molecular weight is 313 g/mol. The van der Waals surface area contributed by atoms with Gasteiger partial charge < -0.3 is 5.32 Å². The standard InChI is InChI=1S/C16H18F3NS/c1-3-8-20-15(16-10(4-2)7-9-21-16)11-5-6-12(17)14(19)13(11)18/h5-7,9,15,20H,3-4,8H2,1-2H3. The van der Waals surface area contributed by atoms with Crippen molar-refractivity contribution in [2.45, 2.75) is 32.7 Å². The van der Waals surface area contributed by atoms with Gasteiger partial charge in [0, 0.05) is 10.4 Å². The Bertz CT molecular complexity index is 610. The second-order valence-corrected chi connectivity index (χ2v) is 5.76. The van der Waals surface area contributed by atoms with E-state index in [2.05, 4.69) is 5.32 Å². The van der Waals surface area contributed by atoms with Crippen LogP contribution in [0.2, 0.25) is 0 Å². The highest BCUT2D eigenvalue weighted by Gasteiger charge is 2.24. The van der Waals surface area contributed by atoms with Crippen LogP contribution in [0.25, 0.3) is 0 Å². The molecule has 0 radical (unpaired) electrons. The van der Waals surface area contributed by atoms with Gasteiger partial charge in [-0.3, -0.25) is 0 Å². The monoisotopic (exact) mass is 313 g/mol. The smallest absolute Gasteiger partial charge is 0.194 e. The van der Waals surface area contributed by atoms with E-state index in [4.69, 9.17) is 0 Å². The lowest BCUT2D eigenvalue weighted by atomic mass is 10.0. The third-order valence-corrected chi connectivity index (χ3v) is 4.42. The molecule has 1 aromatic carbocycles. The number of benzene rings is 1. The zero-order chi connectivity index (χ0) is 15.4. The molecule has 1 unspecified atom stereocenters. The lowest BCUT2D eigenvalue weighted by Crippen LogP contribution is -2.24. The Labute approximate surface area is 126 Å². The zero-order valence-electron chi connectivity index (χ0n) is 12.1. The molecule has 1 N–H and O–H groups in total. The van der Waals surface area contributed by atoms with Gasteiger partial charge in [-0.25, -0.2) is 13.2 Å². The summed E-state index contributed by atoms with van der Waals surface area (Å²) >= 11 is 1.50. The van der Waals surface area contributed by atoms with Crippen molar-refractivity contribution >= 4 is 11.3 Å². The van der Waals surface area contributed by atoms with E-state index in [-0.39, 0.29) is 5.56 Å². The summed E-state index contributed by atoms with van der Waals surface area (Å²) in [5.74, 6) is -3.68. The maximum atomic E-state index is 14.1. The summed E-state index contributed by atoms with van der Waals surface area (Å²) in [7, 11) is 0. The van der Waals surface area contributed by atoms with Gasteiger partial charge in [-0.1, -0.05) is 19.9 Å². The molecule has 0 amide bonds. The Balaban J connectivity index is 2.48. The summed E-state index contributed by atoms with van der Waals surface area (Å²) in [6.45, 7) is 4.69. The minimum absolute atomic E-state index is 0.152. The van der Waals surface area contributed by atoms with Crippen molar-refractivity contribution in [3.05, 3.63) is 57.0 Å². The first-order valence-electron chi connectivity index (χ1n) is 7.03. The van der Waals surface area contributed by atoms with Crippen LogP contribution >= 0.6 is 11.3 Å². The molecular formula is C16H18F3NS. The molecule has 5 heteroatoms. The number of rotatable bonds is 6. The van der Waals surface area contributed by atoms with Crippen molar-refractivity contribution in [2.75, 3.05) is 6.54 Å². The van der Waals surface area contributed by atoms with Gasteiger partial charge in [-0.2, -0.15) is 0 Å². The van der Waals surface area contributed by atoms with Gasteiger partial charge in [-0.15, -0.1) is 11.3 Å². The van der Waals surface area contributed by atoms with Gasteiger partial charge in [-0.05, 0) is 42.5 Å². The fourth-order valence-electron chi connectivity index (χ4n) is 2.29. The van der Waals surface area contributed by atoms with Gasteiger partial charge in [0.15, 0.2) is 17.5 Å². The van der Waals surface area contributed by atoms with Crippen LogP contribution in [-0.4, -0.2) is 6.54 Å². The average Bonchev–Trinajstić information content (AvgIpc) is 2.95. The third-order valence-electron chi connectivity index (χ3n) is 3.40. The molecule has 0 saturated heterocycles. The Hall–Kier alpha value is -1.33. The summed E-state index contributed by atoms with van der Waals surface area (Å²) in [5, 5.41) is 5.17. The summed E-state index contributed by atoms with van der Waals surface area (Å²) < 4.78 is 40.8. The van der Waals surface area contributed by atoms with E-state index in [1.807, 2.05) is 25.3 Å². The summed E-state index contributed by atoms with van der Waals surface area (Å²) in [5.41, 5.74) is 1.25. The van der Waals surface area contributed by atoms with Crippen LogP contribution < -0.4 is 5.32 Å². The van der Waals surface area contributed by atoms with Gasteiger partial charge in [0.25, 0.3) is 0 Å². The van der Waals surface area contributed by atoms with E-state index >= 15 is 0 Å². The first-order valence-corrected chi connectivity index (χ1v) is 7.91. The lowest BCUT2D eigenvalue weighted by molar-refractivity contribution is 0.432. The van der Waals surface area contributed by atoms with E-state index in [9.17, 15) is 13.2 Å². The minimum atomic E-state index is -1.41. The van der Waals surface area contributed by atoms with Gasteiger partial charge in [0.2, 0.25) is 0 Å². The maximum Gasteiger partial charge on any atom is 0.194 e. The molecule has 2 rings (SSSR count). The first-order chi connectivity index (χ1) is 10.1. The van der Waals surface area contributed by atoms with Crippen LogP contribution in [0, 0.1) is 17.5 Å². The Morgan fingerprint density at radius 3 is 2.52 bits per heavy atom. The number of nitrogens with one attached hydrogen (secondary N) is 1. The largest absolute Gasteiger partial charge is 0.305 e. The molecule has 0 aliphatic rings. The maximum absolute atomic E-state index is 14.1. The molecule has 0 fully saturated rings. The van der Waals surface area contributed by atoms with Crippen LogP contribution in [0.15, 0.2) is 23.6 Å². The van der Waals surface area contributed by atoms with Crippen molar-refractivity contribution in [3.8, 4) is 0 Å². The highest BCUT2D eigenvalue weighted by molar-refractivity contribution is 7.10. The van der Waals surface area contributed by atoms with Crippen molar-refractivity contribution in [3.63, 3.8) is 0 Å². The van der Waals surface area contributed by atoms with Crippen molar-refractivity contribution < 1.29 is 13.2 Å². The Morgan fingerprint density at radius 1 is 1.10 bits per heavy atom. The van der Waals surface area contributed by atoms with Crippen molar-refractivity contribution in [2.24, 2.45) is 0 Å². The van der Waals surface area contributed by atoms with Gasteiger partial charge in [0.1, 0.15) is 0 Å². The molecule has 114 valence electrons. The van der Waals surface area contributed by atoms with Crippen LogP contribution in [0.3, 0.4) is 0 Å². The molecule has 0 bridgehead atoms. The van der Waals surface area contributed by atoms with E-state index in [0.29, 0.717) is 6.54 Å². The molecule has 0 aliphatic heterocycles. The molecular weight excluding hydrogens is 295 g/mol. The number of halogens is 3. The molecule has 1 nitrogen and oxygen atoms in total. The van der Waals surface area contributed by atoms with Crippen LogP contribution in [-0.2, 0) is 6.42 Å². The number of aryl methyl sites for hydroxylation is 1. The minimum Gasteiger partial charge on any atom is -0.305 e. The van der Waals surface area contributed by atoms with Gasteiger partial charge >= 0.3 is 0 Å². The summed E-state index contributed by atoms with van der Waals surface area (Å²) in [4.78, 5) is 0.954. The van der Waals surface area contributed by atoms with Crippen LogP contribution in [0.5, 0.6) is 0 Å². The number of hydrogen-bond acceptors (Lipinski definition) is 2. The second kappa shape index (κ2) is 7.09. The zero-order valence-corrected chi connectivity index (χ0v) is 12.9. The highest BCUT2D eigenvalue weighted by Crippen LogP contribution is 2.32. The first kappa shape index (κ1) is 16.0. The molecule has 1 heterocycles. The molecule has 1 aromatic heterocycles. The predicted octanol–water partition coefficient (Wildman–Crippen LogP) is 4.82. The van der Waals surface area contributed by atoms with Crippen molar-refractivity contribution in [1.29, 1.82) is 0 Å². The Morgan fingerprint density at radius 2 is 1.86 bits per heavy atom. The van der Waals surface area contributed by atoms with Crippen LogP contribution in [0.1, 0.15) is 42.3 Å². The molecule has 0 saturated carbocycles. The molecule has 2 aromatic rings. The molecule has 0 aliphatic carbocycles. The van der Waals surface area contributed by atoms with Crippen molar-refractivity contribution in [1.82, 2.24) is 5.32 Å². The van der Waals surface area contributed by atoms with E-state index in [1.165, 1.54) is 17.4 Å². The Kier molecular flexibility index (Phi) is 5.42. The lowest BCUT2D eigenvalue weighted by Gasteiger charge is -2.20.